The summed E-state index contributed by atoms with van der Waals surface area (Å²) >= 11 is 7.12. The summed E-state index contributed by atoms with van der Waals surface area (Å²) in [6.07, 6.45) is 2.12. The highest BCUT2D eigenvalue weighted by Crippen LogP contribution is 2.31. The third-order valence-corrected chi connectivity index (χ3v) is 15.1. The molecule has 4 heterocycles. The van der Waals surface area contributed by atoms with Crippen molar-refractivity contribution in [3.63, 3.8) is 0 Å². The molecule has 0 saturated heterocycles. The van der Waals surface area contributed by atoms with Gasteiger partial charge in [-0.3, -0.25) is 0 Å². The first kappa shape index (κ1) is 58.1. The van der Waals surface area contributed by atoms with Gasteiger partial charge in [-0.15, -0.1) is 0 Å². The molecule has 0 saturated carbocycles. The van der Waals surface area contributed by atoms with E-state index in [4.69, 9.17) is 28.9 Å². The number of fused-ring (bicyclic) bond motifs is 2. The smallest absolute Gasteiger partial charge is 0.408 e. The molecule has 2 atom stereocenters. The van der Waals surface area contributed by atoms with E-state index in [2.05, 4.69) is 92.0 Å². The molecule has 0 radical (unpaired) electrons. The van der Waals surface area contributed by atoms with E-state index in [0.29, 0.717) is 69.2 Å². The summed E-state index contributed by atoms with van der Waals surface area (Å²) in [5, 5.41) is 14.4. The zero-order valence-corrected chi connectivity index (χ0v) is 48.2. The highest BCUT2D eigenvalue weighted by Gasteiger charge is 2.27. The van der Waals surface area contributed by atoms with E-state index in [0.717, 1.165) is 35.3 Å². The lowest BCUT2D eigenvalue weighted by Gasteiger charge is -2.24. The van der Waals surface area contributed by atoms with Gasteiger partial charge in [0.15, 0.2) is 0 Å². The summed E-state index contributed by atoms with van der Waals surface area (Å²) < 4.78 is 82.5. The largest absolute Gasteiger partial charge is 0.444 e. The molecule has 72 heavy (non-hydrogen) atoms. The molecular weight excluding hydrogens is 1100 g/mol. The van der Waals surface area contributed by atoms with E-state index >= 15 is 0 Å². The molecule has 0 bridgehead atoms. The fourth-order valence-electron chi connectivity index (χ4n) is 7.01. The standard InChI is InChI=1S/2C25H33BrF2N4O3Si/c2*1-25(2,3)35-24(33)31-20(11-16-9-17(27)12-18(28)10-16)23-19(26)13-22-21(30-23)14-29-32(22)15-34-7-8-36(4,5)6/h2*9-10,12-14,20H,7-8,11,15H2,1-6H3,(H,31,33)/t2*20-/m10/s1. The number of hydrogen-bond acceptors (Lipinski definition) is 10. The van der Waals surface area contributed by atoms with Crippen LogP contribution in [0.2, 0.25) is 51.4 Å². The molecule has 392 valence electrons. The lowest BCUT2D eigenvalue weighted by atomic mass is 10.0. The SMILES string of the molecule is CC(C)(C)OC(=O)N[C@@H](Cc1cc(F)cc(F)c1)c1nc2cnn(COCC[Si](C)(C)C)c2cc1Br.CC(C)(C)OC(=O)N[C@H](Cc1cc(F)cc(F)c1)c1nc2cnn(COCC[Si](C)(C)C)c2cc1Br. The number of ether oxygens (including phenoxy) is 4. The van der Waals surface area contributed by atoms with Gasteiger partial charge < -0.3 is 29.6 Å². The van der Waals surface area contributed by atoms with Crippen molar-refractivity contribution in [1.82, 2.24) is 40.2 Å². The Morgan fingerprint density at radius 1 is 0.583 bits per heavy atom. The monoisotopic (exact) mass is 1160 g/mol. The first-order valence-corrected chi connectivity index (χ1v) is 32.5. The minimum atomic E-state index is -1.20. The number of carbonyl (C=O) groups is 2. The van der Waals surface area contributed by atoms with Crippen LogP contribution >= 0.6 is 31.9 Å². The molecule has 0 aliphatic rings. The fourth-order valence-corrected chi connectivity index (χ4v) is 9.68. The summed E-state index contributed by atoms with van der Waals surface area (Å²) in [5.74, 6) is -2.78. The Morgan fingerprint density at radius 2 is 0.917 bits per heavy atom. The molecule has 2 amide bonds. The van der Waals surface area contributed by atoms with Crippen LogP contribution in [0.3, 0.4) is 0 Å². The van der Waals surface area contributed by atoms with Crippen LogP contribution in [0.4, 0.5) is 27.2 Å². The Bertz CT molecular complexity index is 2600. The van der Waals surface area contributed by atoms with Crippen LogP contribution in [-0.2, 0) is 45.3 Å². The van der Waals surface area contributed by atoms with Crippen LogP contribution in [-0.4, -0.2) is 82.3 Å². The van der Waals surface area contributed by atoms with Crippen LogP contribution in [0.25, 0.3) is 22.1 Å². The number of hydrogen-bond donors (Lipinski definition) is 2. The number of pyridine rings is 2. The van der Waals surface area contributed by atoms with E-state index in [1.54, 1.807) is 63.3 Å². The van der Waals surface area contributed by atoms with Crippen molar-refractivity contribution in [2.24, 2.45) is 0 Å². The van der Waals surface area contributed by atoms with Gasteiger partial charge in [0.1, 0.15) is 59.0 Å². The number of halogens is 6. The molecular formula is C50H66Br2F4N8O6Si2. The van der Waals surface area contributed by atoms with E-state index < -0.39 is 74.9 Å². The van der Waals surface area contributed by atoms with Crippen molar-refractivity contribution in [3.8, 4) is 0 Å². The zero-order valence-electron chi connectivity index (χ0n) is 43.0. The first-order valence-electron chi connectivity index (χ1n) is 23.5. The zero-order chi connectivity index (χ0) is 53.3. The lowest BCUT2D eigenvalue weighted by molar-refractivity contribution is 0.0490. The first-order chi connectivity index (χ1) is 33.4. The van der Waals surface area contributed by atoms with Gasteiger partial charge in [-0.1, -0.05) is 39.3 Å². The molecule has 0 fully saturated rings. The Hall–Kier alpha value is -4.75. The van der Waals surface area contributed by atoms with Crippen molar-refractivity contribution >= 4 is 82.3 Å². The summed E-state index contributed by atoms with van der Waals surface area (Å²) in [6.45, 7) is 26.2. The van der Waals surface area contributed by atoms with E-state index in [1.807, 2.05) is 12.1 Å². The maximum absolute atomic E-state index is 13.9. The molecule has 2 N–H and O–H groups in total. The number of alkyl carbamates (subject to hydrolysis) is 2. The summed E-state index contributed by atoms with van der Waals surface area (Å²) in [7, 11) is -2.39. The van der Waals surface area contributed by atoms with Crippen LogP contribution in [0, 0.1) is 23.3 Å². The number of amides is 2. The van der Waals surface area contributed by atoms with Gasteiger partial charge in [0, 0.05) is 50.4 Å². The highest BCUT2D eigenvalue weighted by atomic mass is 79.9. The molecule has 6 aromatic rings. The van der Waals surface area contributed by atoms with Crippen LogP contribution < -0.4 is 10.6 Å². The van der Waals surface area contributed by atoms with Gasteiger partial charge in [0.05, 0.1) is 46.9 Å². The third kappa shape index (κ3) is 18.9. The van der Waals surface area contributed by atoms with Crippen molar-refractivity contribution in [1.29, 1.82) is 0 Å². The molecule has 4 aromatic heterocycles. The number of aromatic nitrogens is 6. The second kappa shape index (κ2) is 24.5. The van der Waals surface area contributed by atoms with E-state index in [-0.39, 0.29) is 12.8 Å². The minimum Gasteiger partial charge on any atom is -0.444 e. The van der Waals surface area contributed by atoms with Gasteiger partial charge >= 0.3 is 12.2 Å². The van der Waals surface area contributed by atoms with Crippen molar-refractivity contribution in [3.05, 3.63) is 116 Å². The predicted molar refractivity (Wildman–Crippen MR) is 283 cm³/mol. The summed E-state index contributed by atoms with van der Waals surface area (Å²) in [5.41, 5.74) is 2.98. The van der Waals surface area contributed by atoms with Gasteiger partial charge in [0.2, 0.25) is 0 Å². The molecule has 0 unspecified atom stereocenters. The number of benzene rings is 2. The van der Waals surface area contributed by atoms with Crippen molar-refractivity contribution in [2.75, 3.05) is 13.2 Å². The number of rotatable bonds is 18. The Morgan fingerprint density at radius 3 is 1.22 bits per heavy atom. The van der Waals surface area contributed by atoms with Gasteiger partial charge in [-0.2, -0.15) is 10.2 Å². The molecule has 6 rings (SSSR count). The molecule has 22 heteroatoms. The minimum absolute atomic E-state index is 0.0962. The van der Waals surface area contributed by atoms with Gasteiger partial charge in [0.25, 0.3) is 0 Å². The number of nitrogens with one attached hydrogen (secondary N) is 2. The average Bonchev–Trinajstić information content (AvgIpc) is 3.79. The van der Waals surface area contributed by atoms with Crippen molar-refractivity contribution < 1.29 is 46.1 Å². The van der Waals surface area contributed by atoms with Crippen LogP contribution in [0.1, 0.15) is 76.1 Å². The second-order valence-electron chi connectivity index (χ2n) is 21.9. The topological polar surface area (TPSA) is 157 Å². The quantitative estimate of drug-likeness (QED) is 0.0482. The van der Waals surface area contributed by atoms with Gasteiger partial charge in [-0.25, -0.2) is 46.5 Å². The Labute approximate surface area is 437 Å². The number of carbonyl (C=O) groups excluding carboxylic acids is 2. The number of nitrogens with zero attached hydrogens (tertiary/aromatic N) is 6. The summed E-state index contributed by atoms with van der Waals surface area (Å²) in [4.78, 5) is 34.7. The molecule has 0 aliphatic carbocycles. The second-order valence-corrected chi connectivity index (χ2v) is 34.8. The van der Waals surface area contributed by atoms with Crippen LogP contribution in [0.5, 0.6) is 0 Å². The third-order valence-electron chi connectivity index (χ3n) is 10.4. The Balaban J connectivity index is 0.000000267. The lowest BCUT2D eigenvalue weighted by Crippen LogP contribution is -2.36. The summed E-state index contributed by atoms with van der Waals surface area (Å²) in [6, 6.07) is 10.9. The van der Waals surface area contributed by atoms with Gasteiger partial charge in [-0.05, 0) is 146 Å². The maximum Gasteiger partial charge on any atom is 0.408 e. The molecule has 0 spiro atoms. The normalized spacial score (nSPS) is 13.1. The van der Waals surface area contributed by atoms with E-state index in [1.165, 1.54) is 24.3 Å². The van der Waals surface area contributed by atoms with Crippen molar-refractivity contribution in [2.45, 2.75) is 143 Å². The highest BCUT2D eigenvalue weighted by molar-refractivity contribution is 9.10. The molecule has 14 nitrogen and oxygen atoms in total. The average molecular weight is 1170 g/mol. The van der Waals surface area contributed by atoms with E-state index in [9.17, 15) is 27.2 Å². The molecule has 0 aliphatic heterocycles. The maximum atomic E-state index is 13.9. The molecule has 2 aromatic carbocycles. The van der Waals surface area contributed by atoms with Crippen LogP contribution in [0.15, 0.2) is 69.9 Å². The Kier molecular flexibility index (Phi) is 19.8. The fraction of sp³-hybridized carbons (Fsp3) is 0.480. The predicted octanol–water partition coefficient (Wildman–Crippen LogP) is 13.2.